The Bertz CT molecular complexity index is 310. The molecule has 1 saturated heterocycles. The molecule has 0 spiro atoms. The lowest BCUT2D eigenvalue weighted by Crippen LogP contribution is -2.61. The maximum Gasteiger partial charge on any atom is 0.174 e. The van der Waals surface area contributed by atoms with Gasteiger partial charge in [-0.15, -0.1) is 0 Å². The van der Waals surface area contributed by atoms with Gasteiger partial charge in [0, 0.05) is 12.5 Å². The van der Waals surface area contributed by atoms with E-state index in [0.29, 0.717) is 18.0 Å². The zero-order valence-electron chi connectivity index (χ0n) is 12.5. The molecule has 1 heterocycles. The van der Waals surface area contributed by atoms with Gasteiger partial charge in [-0.25, -0.2) is 4.52 Å². The molecule has 0 bridgehead atoms. The van der Waals surface area contributed by atoms with Crippen LogP contribution in [0.15, 0.2) is 0 Å². The third-order valence-corrected chi connectivity index (χ3v) is 7.93. The SMILES string of the molecule is CCN1C(C)(C)[C@@H]2CC[C@@H](C)C[C@H]2O[P+]1([O-])CC. The zero-order valence-corrected chi connectivity index (χ0v) is 13.4. The molecule has 4 heteroatoms. The minimum atomic E-state index is -2.61. The molecule has 0 aromatic rings. The van der Waals surface area contributed by atoms with Crippen LogP contribution in [0.5, 0.6) is 0 Å². The van der Waals surface area contributed by atoms with Gasteiger partial charge in [0.15, 0.2) is 7.87 Å². The van der Waals surface area contributed by atoms with E-state index in [9.17, 15) is 4.89 Å². The van der Waals surface area contributed by atoms with Crippen LogP contribution in [0.3, 0.4) is 0 Å². The van der Waals surface area contributed by atoms with Crippen molar-refractivity contribution in [3.63, 3.8) is 0 Å². The summed E-state index contributed by atoms with van der Waals surface area (Å²) in [5, 5.41) is 0. The Morgan fingerprint density at radius 2 is 2.00 bits per heavy atom. The fourth-order valence-corrected chi connectivity index (χ4v) is 6.60. The first-order valence-electron chi connectivity index (χ1n) is 7.40. The molecule has 0 aromatic heterocycles. The Labute approximate surface area is 112 Å². The molecular formula is C14H28NO2P. The van der Waals surface area contributed by atoms with Gasteiger partial charge in [0.25, 0.3) is 0 Å². The van der Waals surface area contributed by atoms with E-state index in [2.05, 4.69) is 32.4 Å². The van der Waals surface area contributed by atoms with Crippen molar-refractivity contribution in [1.82, 2.24) is 4.67 Å². The standard InChI is InChI=1S/C14H28NO2P/c1-6-15-14(4,5)12-9-8-11(3)10-13(12)17-18(15,16)7-2/h11-13H,6-10H2,1-5H3/t11-,12-,13-,18?/m1/s1. The fraction of sp³-hybridized carbons (Fsp3) is 1.00. The van der Waals surface area contributed by atoms with Crippen LogP contribution in [0.1, 0.15) is 53.9 Å². The fourth-order valence-electron chi connectivity index (χ4n) is 3.97. The first-order chi connectivity index (χ1) is 8.35. The minimum absolute atomic E-state index is 0.00332. The second-order valence-electron chi connectivity index (χ2n) is 6.49. The highest BCUT2D eigenvalue weighted by Gasteiger charge is 2.57. The normalized spacial score (nSPS) is 44.7. The molecule has 106 valence electrons. The zero-order chi connectivity index (χ0) is 13.6. The molecule has 18 heavy (non-hydrogen) atoms. The first kappa shape index (κ1) is 14.7. The summed E-state index contributed by atoms with van der Waals surface area (Å²) in [6.07, 6.45) is 4.40. The van der Waals surface area contributed by atoms with Crippen LogP contribution >= 0.6 is 7.87 Å². The number of hydrogen-bond donors (Lipinski definition) is 0. The molecule has 0 aromatic carbocycles. The van der Waals surface area contributed by atoms with Gasteiger partial charge in [-0.2, -0.15) is 4.67 Å². The van der Waals surface area contributed by atoms with Crippen molar-refractivity contribution >= 4 is 7.87 Å². The molecule has 4 atom stereocenters. The van der Waals surface area contributed by atoms with Gasteiger partial charge < -0.3 is 4.89 Å². The molecule has 2 rings (SSSR count). The van der Waals surface area contributed by atoms with E-state index >= 15 is 0 Å². The van der Waals surface area contributed by atoms with Crippen molar-refractivity contribution in [3.05, 3.63) is 0 Å². The third-order valence-electron chi connectivity index (χ3n) is 4.99. The molecule has 0 N–H and O–H groups in total. The number of hydrogen-bond acceptors (Lipinski definition) is 3. The largest absolute Gasteiger partial charge is 0.641 e. The van der Waals surface area contributed by atoms with Crippen LogP contribution in [-0.4, -0.2) is 29.0 Å². The summed E-state index contributed by atoms with van der Waals surface area (Å²) in [4.78, 5) is 13.0. The smallest absolute Gasteiger partial charge is 0.174 e. The summed E-state index contributed by atoms with van der Waals surface area (Å²) in [6.45, 7) is 11.7. The van der Waals surface area contributed by atoms with Crippen molar-refractivity contribution in [2.24, 2.45) is 11.8 Å². The van der Waals surface area contributed by atoms with Gasteiger partial charge in [-0.3, -0.25) is 0 Å². The van der Waals surface area contributed by atoms with Crippen molar-refractivity contribution in [2.75, 3.05) is 12.7 Å². The van der Waals surface area contributed by atoms with Crippen molar-refractivity contribution in [1.29, 1.82) is 0 Å². The van der Waals surface area contributed by atoms with E-state index < -0.39 is 7.87 Å². The van der Waals surface area contributed by atoms with Crippen LogP contribution in [0.2, 0.25) is 0 Å². The van der Waals surface area contributed by atoms with E-state index in [4.69, 9.17) is 4.52 Å². The Morgan fingerprint density at radius 1 is 1.33 bits per heavy atom. The van der Waals surface area contributed by atoms with Gasteiger partial charge in [0.05, 0.1) is 11.7 Å². The maximum atomic E-state index is 13.0. The number of nitrogens with zero attached hydrogens (tertiary/aromatic N) is 1. The summed E-state index contributed by atoms with van der Waals surface area (Å²) in [5.41, 5.74) is 0.00332. The lowest BCUT2D eigenvalue weighted by atomic mass is 9.71. The topological polar surface area (TPSA) is 35.5 Å². The highest BCUT2D eigenvalue weighted by atomic mass is 31.2. The lowest BCUT2D eigenvalue weighted by Gasteiger charge is -2.58. The second kappa shape index (κ2) is 5.01. The van der Waals surface area contributed by atoms with E-state index in [1.807, 2.05) is 6.92 Å². The van der Waals surface area contributed by atoms with Gasteiger partial charge in [-0.05, 0) is 46.5 Å². The number of fused-ring (bicyclic) bond motifs is 1. The molecule has 1 unspecified atom stereocenters. The summed E-state index contributed by atoms with van der Waals surface area (Å²) < 4.78 is 8.27. The van der Waals surface area contributed by atoms with E-state index in [1.54, 1.807) is 0 Å². The van der Waals surface area contributed by atoms with E-state index in [-0.39, 0.29) is 11.6 Å². The predicted octanol–water partition coefficient (Wildman–Crippen LogP) is 3.06. The average Bonchev–Trinajstić information content (AvgIpc) is 2.28. The monoisotopic (exact) mass is 273 g/mol. The molecule has 0 amide bonds. The Kier molecular flexibility index (Phi) is 4.10. The van der Waals surface area contributed by atoms with Crippen LogP contribution in [-0.2, 0) is 4.52 Å². The Hall–Kier alpha value is 0.310. The van der Waals surface area contributed by atoms with Gasteiger partial charge >= 0.3 is 0 Å². The molecule has 1 aliphatic heterocycles. The van der Waals surface area contributed by atoms with Gasteiger partial charge in [0.1, 0.15) is 6.10 Å². The average molecular weight is 273 g/mol. The first-order valence-corrected chi connectivity index (χ1v) is 9.17. The summed E-state index contributed by atoms with van der Waals surface area (Å²) >= 11 is 0. The van der Waals surface area contributed by atoms with Crippen molar-refractivity contribution in [2.45, 2.75) is 65.5 Å². The number of rotatable bonds is 2. The minimum Gasteiger partial charge on any atom is -0.641 e. The van der Waals surface area contributed by atoms with Gasteiger partial charge in [0.2, 0.25) is 0 Å². The molecule has 1 aliphatic carbocycles. The summed E-state index contributed by atoms with van der Waals surface area (Å²) in [5.74, 6) is 1.24. The van der Waals surface area contributed by atoms with Gasteiger partial charge in [-0.1, -0.05) is 13.3 Å². The highest BCUT2D eigenvalue weighted by Crippen LogP contribution is 2.65. The molecule has 0 radical (unpaired) electrons. The highest BCUT2D eigenvalue weighted by molar-refractivity contribution is 7.61. The van der Waals surface area contributed by atoms with Crippen LogP contribution in [0.4, 0.5) is 0 Å². The molecule has 2 aliphatic rings. The van der Waals surface area contributed by atoms with Crippen LogP contribution in [0.25, 0.3) is 0 Å². The summed E-state index contributed by atoms with van der Waals surface area (Å²) in [6, 6.07) is 0. The van der Waals surface area contributed by atoms with Crippen molar-refractivity contribution < 1.29 is 9.42 Å². The predicted molar refractivity (Wildman–Crippen MR) is 75.3 cm³/mol. The Balaban J connectivity index is 2.30. The third kappa shape index (κ3) is 2.24. The Morgan fingerprint density at radius 3 is 2.56 bits per heavy atom. The quantitative estimate of drug-likeness (QED) is 0.725. The summed E-state index contributed by atoms with van der Waals surface area (Å²) in [7, 11) is -2.61. The molecule has 3 nitrogen and oxygen atoms in total. The molecule has 2 fully saturated rings. The molecular weight excluding hydrogens is 245 g/mol. The van der Waals surface area contributed by atoms with Crippen LogP contribution < -0.4 is 4.89 Å². The lowest BCUT2D eigenvalue weighted by molar-refractivity contribution is -0.234. The van der Waals surface area contributed by atoms with E-state index in [0.717, 1.165) is 13.0 Å². The van der Waals surface area contributed by atoms with Crippen molar-refractivity contribution in [3.8, 4) is 0 Å². The molecule has 1 saturated carbocycles. The van der Waals surface area contributed by atoms with Crippen LogP contribution in [0, 0.1) is 11.8 Å². The maximum absolute atomic E-state index is 13.0. The second-order valence-corrected chi connectivity index (χ2v) is 9.09. The van der Waals surface area contributed by atoms with E-state index in [1.165, 1.54) is 12.8 Å².